The molecule has 0 spiro atoms. The first-order chi connectivity index (χ1) is 10.6. The fourth-order valence-electron chi connectivity index (χ4n) is 1.90. The monoisotopic (exact) mass is 323 g/mol. The van der Waals surface area contributed by atoms with Gasteiger partial charge in [-0.2, -0.15) is 0 Å². The second-order valence-electron chi connectivity index (χ2n) is 4.72. The summed E-state index contributed by atoms with van der Waals surface area (Å²) < 4.78 is 5.68. The van der Waals surface area contributed by atoms with Gasteiger partial charge in [0, 0.05) is 23.7 Å². The van der Waals surface area contributed by atoms with E-state index in [0.29, 0.717) is 29.6 Å². The second kappa shape index (κ2) is 7.82. The summed E-state index contributed by atoms with van der Waals surface area (Å²) in [6.07, 6.45) is 0.520. The smallest absolute Gasteiger partial charge is 0.315 e. The summed E-state index contributed by atoms with van der Waals surface area (Å²) in [5.41, 5.74) is 1.63. The van der Waals surface area contributed by atoms with Crippen molar-refractivity contribution >= 4 is 17.6 Å². The lowest BCUT2D eigenvalue weighted by molar-refractivity contribution is 0.236. The Balaban J connectivity index is 1.95. The number of nitrogens with one attached hydrogen (secondary N) is 2. The minimum absolute atomic E-state index is 0.0453. The zero-order valence-corrected chi connectivity index (χ0v) is 13.0. The van der Waals surface area contributed by atoms with Crippen molar-refractivity contribution in [3.8, 4) is 11.3 Å². The number of hydrogen-bond acceptors (Lipinski definition) is 4. The van der Waals surface area contributed by atoms with Gasteiger partial charge in [-0.3, -0.25) is 0 Å². The minimum atomic E-state index is -0.322. The maximum Gasteiger partial charge on any atom is 0.315 e. The Kier molecular flexibility index (Phi) is 5.80. The third-order valence-electron chi connectivity index (χ3n) is 2.97. The Morgan fingerprint density at radius 3 is 2.73 bits per heavy atom. The van der Waals surface area contributed by atoms with Gasteiger partial charge in [0.2, 0.25) is 5.89 Å². The summed E-state index contributed by atoms with van der Waals surface area (Å²) >= 11 is 5.86. The second-order valence-corrected chi connectivity index (χ2v) is 5.15. The van der Waals surface area contributed by atoms with Crippen LogP contribution in [0, 0.1) is 6.92 Å². The molecular formula is C15H18ClN3O3. The van der Waals surface area contributed by atoms with Crippen LogP contribution in [0.25, 0.3) is 11.3 Å². The maximum absolute atomic E-state index is 11.5. The molecule has 0 saturated carbocycles. The summed E-state index contributed by atoms with van der Waals surface area (Å²) in [6, 6.07) is 6.96. The van der Waals surface area contributed by atoms with Crippen LogP contribution in [0.4, 0.5) is 4.79 Å². The number of carbonyl (C=O) groups is 1. The molecule has 0 aliphatic rings. The van der Waals surface area contributed by atoms with Crippen LogP contribution in [0.2, 0.25) is 5.02 Å². The number of carbonyl (C=O) groups excluding carboxylic acids is 1. The van der Waals surface area contributed by atoms with E-state index in [4.69, 9.17) is 21.1 Å². The van der Waals surface area contributed by atoms with Crippen LogP contribution < -0.4 is 10.6 Å². The lowest BCUT2D eigenvalue weighted by Gasteiger charge is -2.04. The van der Waals surface area contributed by atoms with Crippen LogP contribution in [0.3, 0.4) is 0 Å². The normalized spacial score (nSPS) is 10.5. The maximum atomic E-state index is 11.5. The standard InChI is InChI=1S/C15H18ClN3O3/c1-10-14(11-3-5-12(16)6-4-11)22-13(19-10)9-18-15(21)17-7-2-8-20/h3-6,20H,2,7-9H2,1H3,(H2,17,18,21). The Morgan fingerprint density at radius 2 is 2.05 bits per heavy atom. The van der Waals surface area contributed by atoms with Crippen molar-refractivity contribution in [1.29, 1.82) is 0 Å². The van der Waals surface area contributed by atoms with Gasteiger partial charge in [0.1, 0.15) is 0 Å². The van der Waals surface area contributed by atoms with E-state index in [9.17, 15) is 4.79 Å². The van der Waals surface area contributed by atoms with Crippen molar-refractivity contribution in [2.45, 2.75) is 19.9 Å². The lowest BCUT2D eigenvalue weighted by atomic mass is 10.1. The molecule has 0 saturated heterocycles. The summed E-state index contributed by atoms with van der Waals surface area (Å²) in [5, 5.41) is 14.6. The van der Waals surface area contributed by atoms with Gasteiger partial charge in [0.05, 0.1) is 12.2 Å². The molecule has 1 aromatic heterocycles. The number of urea groups is 1. The molecule has 1 aromatic carbocycles. The molecule has 0 aliphatic heterocycles. The van der Waals surface area contributed by atoms with Crippen LogP contribution >= 0.6 is 11.6 Å². The molecule has 2 rings (SSSR count). The summed E-state index contributed by atoms with van der Waals surface area (Å²) in [5.74, 6) is 1.09. The van der Waals surface area contributed by atoms with Gasteiger partial charge in [0.15, 0.2) is 5.76 Å². The van der Waals surface area contributed by atoms with Gasteiger partial charge in [0.25, 0.3) is 0 Å². The number of amides is 2. The van der Waals surface area contributed by atoms with E-state index < -0.39 is 0 Å². The van der Waals surface area contributed by atoms with Crippen LogP contribution in [0.1, 0.15) is 18.0 Å². The highest BCUT2D eigenvalue weighted by Gasteiger charge is 2.12. The van der Waals surface area contributed by atoms with Crippen molar-refractivity contribution in [3.05, 3.63) is 40.9 Å². The van der Waals surface area contributed by atoms with E-state index in [1.165, 1.54) is 0 Å². The molecule has 2 amide bonds. The third kappa shape index (κ3) is 4.47. The first-order valence-corrected chi connectivity index (χ1v) is 7.32. The number of halogens is 1. The van der Waals surface area contributed by atoms with E-state index in [1.54, 1.807) is 12.1 Å². The molecule has 0 fully saturated rings. The fourth-order valence-corrected chi connectivity index (χ4v) is 2.02. The molecule has 3 N–H and O–H groups in total. The number of rotatable bonds is 6. The molecule has 6 nitrogen and oxygen atoms in total. The quantitative estimate of drug-likeness (QED) is 0.713. The topological polar surface area (TPSA) is 87.4 Å². The predicted octanol–water partition coefficient (Wildman–Crippen LogP) is 2.49. The van der Waals surface area contributed by atoms with E-state index >= 15 is 0 Å². The summed E-state index contributed by atoms with van der Waals surface area (Å²) in [6.45, 7) is 2.50. The van der Waals surface area contributed by atoms with Crippen molar-refractivity contribution < 1.29 is 14.3 Å². The SMILES string of the molecule is Cc1nc(CNC(=O)NCCCO)oc1-c1ccc(Cl)cc1. The molecule has 118 valence electrons. The molecule has 0 unspecified atom stereocenters. The number of hydrogen-bond donors (Lipinski definition) is 3. The first kappa shape index (κ1) is 16.3. The number of aliphatic hydroxyl groups is 1. The third-order valence-corrected chi connectivity index (χ3v) is 3.22. The van der Waals surface area contributed by atoms with Crippen molar-refractivity contribution in [3.63, 3.8) is 0 Å². The van der Waals surface area contributed by atoms with Crippen molar-refractivity contribution in [1.82, 2.24) is 15.6 Å². The summed E-state index contributed by atoms with van der Waals surface area (Å²) in [4.78, 5) is 15.8. The Hall–Kier alpha value is -2.05. The van der Waals surface area contributed by atoms with Gasteiger partial charge in [-0.25, -0.2) is 9.78 Å². The van der Waals surface area contributed by atoms with Gasteiger partial charge in [-0.1, -0.05) is 11.6 Å². The number of aromatic nitrogens is 1. The highest BCUT2D eigenvalue weighted by molar-refractivity contribution is 6.30. The summed E-state index contributed by atoms with van der Waals surface area (Å²) in [7, 11) is 0. The van der Waals surface area contributed by atoms with Gasteiger partial charge >= 0.3 is 6.03 Å². The molecule has 2 aromatic rings. The molecule has 0 aliphatic carbocycles. The largest absolute Gasteiger partial charge is 0.438 e. The zero-order valence-electron chi connectivity index (χ0n) is 12.2. The van der Waals surface area contributed by atoms with E-state index in [1.807, 2.05) is 19.1 Å². The average molecular weight is 324 g/mol. The van der Waals surface area contributed by atoms with Crippen LogP contribution in [0.15, 0.2) is 28.7 Å². The van der Waals surface area contributed by atoms with E-state index in [-0.39, 0.29) is 19.2 Å². The number of benzene rings is 1. The first-order valence-electron chi connectivity index (χ1n) is 6.95. The van der Waals surface area contributed by atoms with Crippen molar-refractivity contribution in [2.75, 3.05) is 13.2 Å². The average Bonchev–Trinajstić information content (AvgIpc) is 2.87. The Labute approximate surface area is 133 Å². The zero-order chi connectivity index (χ0) is 15.9. The van der Waals surface area contributed by atoms with Crippen molar-refractivity contribution in [2.24, 2.45) is 0 Å². The van der Waals surface area contributed by atoms with E-state index in [0.717, 1.165) is 11.3 Å². The molecule has 0 bridgehead atoms. The lowest BCUT2D eigenvalue weighted by Crippen LogP contribution is -2.35. The fraction of sp³-hybridized carbons (Fsp3) is 0.333. The van der Waals surface area contributed by atoms with Crippen LogP contribution in [-0.4, -0.2) is 29.3 Å². The minimum Gasteiger partial charge on any atom is -0.438 e. The van der Waals surface area contributed by atoms with Gasteiger partial charge in [-0.15, -0.1) is 0 Å². The predicted molar refractivity (Wildman–Crippen MR) is 83.6 cm³/mol. The highest BCUT2D eigenvalue weighted by atomic mass is 35.5. The van der Waals surface area contributed by atoms with E-state index in [2.05, 4.69) is 15.6 Å². The van der Waals surface area contributed by atoms with Gasteiger partial charge in [-0.05, 0) is 37.6 Å². The number of nitrogens with zero attached hydrogens (tertiary/aromatic N) is 1. The Bertz CT molecular complexity index is 625. The molecule has 0 atom stereocenters. The highest BCUT2D eigenvalue weighted by Crippen LogP contribution is 2.25. The number of aryl methyl sites for hydroxylation is 1. The van der Waals surface area contributed by atoms with Crippen LogP contribution in [0.5, 0.6) is 0 Å². The Morgan fingerprint density at radius 1 is 1.32 bits per heavy atom. The molecular weight excluding hydrogens is 306 g/mol. The molecule has 0 radical (unpaired) electrons. The van der Waals surface area contributed by atoms with Crippen LogP contribution in [-0.2, 0) is 6.54 Å². The molecule has 7 heteroatoms. The number of oxazole rings is 1. The molecule has 1 heterocycles. The number of aliphatic hydroxyl groups excluding tert-OH is 1. The van der Waals surface area contributed by atoms with Gasteiger partial charge < -0.3 is 20.2 Å². The molecule has 22 heavy (non-hydrogen) atoms.